The minimum absolute atomic E-state index is 0.0508. The third kappa shape index (κ3) is 6.84. The van der Waals surface area contributed by atoms with Crippen LogP contribution in [0.15, 0.2) is 47.4 Å². The number of benzene rings is 2. The minimum atomic E-state index is -4.25. The van der Waals surface area contributed by atoms with E-state index in [0.29, 0.717) is 32.5 Å². The Balaban J connectivity index is 1.39. The van der Waals surface area contributed by atoms with Crippen LogP contribution < -0.4 is 9.46 Å². The molecule has 2 aromatic carbocycles. The maximum atomic E-state index is 13.2. The van der Waals surface area contributed by atoms with Crippen LogP contribution in [0.2, 0.25) is 5.02 Å². The number of nitrogens with one attached hydrogen (secondary N) is 1. The fourth-order valence-electron chi connectivity index (χ4n) is 5.08. The van der Waals surface area contributed by atoms with Gasteiger partial charge in [-0.1, -0.05) is 36.6 Å². The van der Waals surface area contributed by atoms with Gasteiger partial charge in [0.25, 0.3) is 15.9 Å². The first-order valence-electron chi connectivity index (χ1n) is 12.8. The van der Waals surface area contributed by atoms with Crippen molar-refractivity contribution in [3.8, 4) is 5.75 Å². The van der Waals surface area contributed by atoms with Crippen molar-refractivity contribution in [1.82, 2.24) is 14.5 Å². The van der Waals surface area contributed by atoms with Crippen molar-refractivity contribution in [3.05, 3.63) is 58.9 Å². The average molecular weight is 566 g/mol. The molecule has 0 bridgehead atoms. The van der Waals surface area contributed by atoms with Gasteiger partial charge in [-0.25, -0.2) is 17.5 Å². The molecular weight excluding hydrogens is 533 g/mol. The zero-order valence-electron chi connectivity index (χ0n) is 21.5. The van der Waals surface area contributed by atoms with Crippen LogP contribution in [0, 0.1) is 11.7 Å². The summed E-state index contributed by atoms with van der Waals surface area (Å²) >= 11 is 6.05. The molecule has 206 valence electrons. The number of nitrogens with zero attached hydrogens (tertiary/aromatic N) is 2. The molecule has 8 nitrogen and oxygen atoms in total. The van der Waals surface area contributed by atoms with Gasteiger partial charge in [-0.2, -0.15) is 0 Å². The molecule has 0 spiro atoms. The fourth-order valence-corrected chi connectivity index (χ4v) is 6.53. The number of halogens is 2. The standard InChI is InChI=1S/C27H33ClFN3O5S/c1-18-15-32(19(2)14-31(18)16-20-7-10-23(29)11-8-20)26(33)17-37-24-12-9-22(28)13-25(24)38(35,36)30-27(34)21-5-3-4-6-21/h7-13,18-19,21H,3-6,14-17H2,1-2H3,(H,30,34)/t18-,19+/m0/s1. The highest BCUT2D eigenvalue weighted by atomic mass is 35.5. The van der Waals surface area contributed by atoms with Gasteiger partial charge in [-0.05, 0) is 62.6 Å². The van der Waals surface area contributed by atoms with Crippen LogP contribution in [0.4, 0.5) is 4.39 Å². The lowest BCUT2D eigenvalue weighted by Gasteiger charge is -2.44. The molecule has 2 aromatic rings. The molecule has 1 saturated heterocycles. The summed E-state index contributed by atoms with van der Waals surface area (Å²) < 4.78 is 47.1. The molecule has 2 amide bonds. The van der Waals surface area contributed by atoms with Gasteiger partial charge >= 0.3 is 0 Å². The van der Waals surface area contributed by atoms with Crippen LogP contribution in [0.3, 0.4) is 0 Å². The maximum absolute atomic E-state index is 13.2. The Morgan fingerprint density at radius 3 is 2.42 bits per heavy atom. The molecule has 1 N–H and O–H groups in total. The molecule has 2 aliphatic rings. The largest absolute Gasteiger partial charge is 0.482 e. The second-order valence-electron chi connectivity index (χ2n) is 10.1. The third-order valence-corrected chi connectivity index (χ3v) is 8.84. The number of sulfonamides is 1. The van der Waals surface area contributed by atoms with Crippen molar-refractivity contribution in [2.45, 2.75) is 63.1 Å². The van der Waals surface area contributed by atoms with Gasteiger partial charge in [0.1, 0.15) is 16.5 Å². The number of hydrogen-bond donors (Lipinski definition) is 1. The average Bonchev–Trinajstić information content (AvgIpc) is 3.41. The minimum Gasteiger partial charge on any atom is -0.482 e. The van der Waals surface area contributed by atoms with Gasteiger partial charge < -0.3 is 9.64 Å². The van der Waals surface area contributed by atoms with Gasteiger partial charge in [0, 0.05) is 42.7 Å². The number of ether oxygens (including phenoxy) is 1. The van der Waals surface area contributed by atoms with Crippen molar-refractivity contribution in [2.24, 2.45) is 5.92 Å². The molecule has 1 heterocycles. The monoisotopic (exact) mass is 565 g/mol. The predicted octanol–water partition coefficient (Wildman–Crippen LogP) is 3.97. The lowest BCUT2D eigenvalue weighted by molar-refractivity contribution is -0.139. The molecule has 11 heteroatoms. The Hall–Kier alpha value is -2.69. The summed E-state index contributed by atoms with van der Waals surface area (Å²) in [6.45, 7) is 5.33. The molecule has 2 fully saturated rings. The van der Waals surface area contributed by atoms with Crippen molar-refractivity contribution < 1.29 is 27.1 Å². The zero-order valence-corrected chi connectivity index (χ0v) is 23.1. The Labute approximate surface area is 228 Å². The second-order valence-corrected chi connectivity index (χ2v) is 12.2. The van der Waals surface area contributed by atoms with Crippen molar-refractivity contribution in [2.75, 3.05) is 19.7 Å². The molecule has 0 unspecified atom stereocenters. The van der Waals surface area contributed by atoms with Crippen LogP contribution in [0.25, 0.3) is 0 Å². The number of hydrogen-bond acceptors (Lipinski definition) is 6. The van der Waals surface area contributed by atoms with Crippen LogP contribution in [-0.4, -0.2) is 61.8 Å². The summed E-state index contributed by atoms with van der Waals surface area (Å²) in [5, 5.41) is 0.164. The Morgan fingerprint density at radius 1 is 1.05 bits per heavy atom. The van der Waals surface area contributed by atoms with Crippen molar-refractivity contribution >= 4 is 33.4 Å². The SMILES string of the molecule is C[C@@H]1CN(Cc2ccc(F)cc2)[C@@H](C)CN1C(=O)COc1ccc(Cl)cc1S(=O)(=O)NC(=O)C1CCCC1. The number of amides is 2. The van der Waals surface area contributed by atoms with E-state index in [2.05, 4.69) is 9.62 Å². The van der Waals surface area contributed by atoms with E-state index in [1.54, 1.807) is 17.0 Å². The third-order valence-electron chi connectivity index (χ3n) is 7.24. The van der Waals surface area contributed by atoms with Crippen LogP contribution in [0.1, 0.15) is 45.1 Å². The van der Waals surface area contributed by atoms with E-state index in [0.717, 1.165) is 18.4 Å². The highest BCUT2D eigenvalue weighted by Gasteiger charge is 2.33. The van der Waals surface area contributed by atoms with E-state index >= 15 is 0 Å². The summed E-state index contributed by atoms with van der Waals surface area (Å²) in [5.74, 6) is -1.48. The molecule has 1 aliphatic heterocycles. The van der Waals surface area contributed by atoms with Crippen molar-refractivity contribution in [1.29, 1.82) is 0 Å². The number of rotatable bonds is 8. The van der Waals surface area contributed by atoms with Gasteiger partial charge in [-0.15, -0.1) is 0 Å². The lowest BCUT2D eigenvalue weighted by Crippen LogP contribution is -2.58. The molecule has 1 aliphatic carbocycles. The quantitative estimate of drug-likeness (QED) is 0.520. The van der Waals surface area contributed by atoms with E-state index in [1.807, 2.05) is 13.8 Å². The molecular formula is C27H33ClFN3O5S. The number of carbonyl (C=O) groups is 2. The summed E-state index contributed by atoms with van der Waals surface area (Å²) in [7, 11) is -4.25. The van der Waals surface area contributed by atoms with Gasteiger partial charge in [0.05, 0.1) is 0 Å². The smallest absolute Gasteiger partial charge is 0.267 e. The van der Waals surface area contributed by atoms with Crippen LogP contribution in [-0.2, 0) is 26.2 Å². The van der Waals surface area contributed by atoms with Gasteiger partial charge in [0.2, 0.25) is 5.91 Å². The van der Waals surface area contributed by atoms with E-state index in [9.17, 15) is 22.4 Å². The highest BCUT2D eigenvalue weighted by Crippen LogP contribution is 2.29. The first kappa shape index (κ1) is 28.3. The summed E-state index contributed by atoms with van der Waals surface area (Å²) in [5.41, 5.74) is 0.991. The van der Waals surface area contributed by atoms with Crippen molar-refractivity contribution in [3.63, 3.8) is 0 Å². The second kappa shape index (κ2) is 12.0. The Morgan fingerprint density at radius 2 is 1.74 bits per heavy atom. The van der Waals surface area contributed by atoms with E-state index in [-0.39, 0.29) is 52.0 Å². The maximum Gasteiger partial charge on any atom is 0.267 e. The molecule has 0 aromatic heterocycles. The Bertz CT molecular complexity index is 1270. The van der Waals surface area contributed by atoms with E-state index < -0.39 is 15.9 Å². The summed E-state index contributed by atoms with van der Waals surface area (Å²) in [4.78, 5) is 29.3. The van der Waals surface area contributed by atoms with E-state index in [4.69, 9.17) is 16.3 Å². The van der Waals surface area contributed by atoms with E-state index in [1.165, 1.54) is 30.3 Å². The molecule has 0 radical (unpaired) electrons. The summed E-state index contributed by atoms with van der Waals surface area (Å²) in [6.07, 6.45) is 3.09. The Kier molecular flexibility index (Phi) is 8.95. The zero-order chi connectivity index (χ0) is 27.4. The molecule has 1 saturated carbocycles. The topological polar surface area (TPSA) is 96.0 Å². The highest BCUT2D eigenvalue weighted by molar-refractivity contribution is 7.90. The van der Waals surface area contributed by atoms with Gasteiger partial charge in [-0.3, -0.25) is 14.5 Å². The predicted molar refractivity (Wildman–Crippen MR) is 142 cm³/mol. The molecule has 4 rings (SSSR count). The molecule has 2 atom stereocenters. The lowest BCUT2D eigenvalue weighted by atomic mass is 10.1. The number of carbonyl (C=O) groups excluding carboxylic acids is 2. The van der Waals surface area contributed by atoms with Crippen LogP contribution >= 0.6 is 11.6 Å². The fraction of sp³-hybridized carbons (Fsp3) is 0.481. The normalized spacial score (nSPS) is 20.9. The first-order chi connectivity index (χ1) is 18.0. The molecule has 38 heavy (non-hydrogen) atoms. The van der Waals surface area contributed by atoms with Gasteiger partial charge in [0.15, 0.2) is 6.61 Å². The number of piperazine rings is 1. The van der Waals surface area contributed by atoms with Crippen LogP contribution in [0.5, 0.6) is 5.75 Å². The first-order valence-corrected chi connectivity index (χ1v) is 14.7. The summed E-state index contributed by atoms with van der Waals surface area (Å²) in [6, 6.07) is 10.4.